The molecule has 0 saturated carbocycles. The third kappa shape index (κ3) is 1.25. The zero-order chi connectivity index (χ0) is 9.42. The number of aromatic amines is 1. The van der Waals surface area contributed by atoms with Gasteiger partial charge in [0.25, 0.3) is 5.91 Å². The highest BCUT2D eigenvalue weighted by molar-refractivity contribution is 6.31. The Labute approximate surface area is 78.7 Å². The number of amides is 1. The van der Waals surface area contributed by atoms with Crippen LogP contribution < -0.4 is 5.73 Å². The van der Waals surface area contributed by atoms with Crippen LogP contribution in [0.5, 0.6) is 0 Å². The van der Waals surface area contributed by atoms with E-state index in [1.54, 1.807) is 6.07 Å². The van der Waals surface area contributed by atoms with Crippen LogP contribution in [0.15, 0.2) is 18.5 Å². The fourth-order valence-corrected chi connectivity index (χ4v) is 1.34. The van der Waals surface area contributed by atoms with E-state index in [1.807, 2.05) is 0 Å². The Morgan fingerprint density at radius 1 is 1.62 bits per heavy atom. The van der Waals surface area contributed by atoms with Crippen molar-refractivity contribution in [1.82, 2.24) is 9.97 Å². The normalized spacial score (nSPS) is 10.5. The Morgan fingerprint density at radius 3 is 3.08 bits per heavy atom. The van der Waals surface area contributed by atoms with E-state index in [1.165, 1.54) is 12.4 Å². The average molecular weight is 196 g/mol. The van der Waals surface area contributed by atoms with Gasteiger partial charge in [-0.15, -0.1) is 0 Å². The summed E-state index contributed by atoms with van der Waals surface area (Å²) in [6, 6.07) is 1.65. The molecule has 1 amide bonds. The molecule has 0 unspecified atom stereocenters. The summed E-state index contributed by atoms with van der Waals surface area (Å²) in [6.07, 6.45) is 3.03. The highest BCUT2D eigenvalue weighted by Gasteiger charge is 2.09. The summed E-state index contributed by atoms with van der Waals surface area (Å²) < 4.78 is 0. The number of hydrogen-bond acceptors (Lipinski definition) is 2. The summed E-state index contributed by atoms with van der Waals surface area (Å²) in [7, 11) is 0. The summed E-state index contributed by atoms with van der Waals surface area (Å²) >= 11 is 5.72. The summed E-state index contributed by atoms with van der Waals surface area (Å²) in [4.78, 5) is 17.7. The summed E-state index contributed by atoms with van der Waals surface area (Å²) in [5.74, 6) is -0.490. The van der Waals surface area contributed by atoms with Gasteiger partial charge in [-0.2, -0.15) is 0 Å². The van der Waals surface area contributed by atoms with Crippen molar-refractivity contribution in [2.75, 3.05) is 0 Å². The number of pyridine rings is 1. The zero-order valence-electron chi connectivity index (χ0n) is 6.54. The van der Waals surface area contributed by atoms with Gasteiger partial charge in [-0.1, -0.05) is 11.6 Å². The summed E-state index contributed by atoms with van der Waals surface area (Å²) in [6.45, 7) is 0. The van der Waals surface area contributed by atoms with Crippen LogP contribution in [0.2, 0.25) is 5.02 Å². The molecule has 0 aliphatic heterocycles. The lowest BCUT2D eigenvalue weighted by molar-refractivity contribution is 0.100. The van der Waals surface area contributed by atoms with E-state index >= 15 is 0 Å². The van der Waals surface area contributed by atoms with Gasteiger partial charge in [0.1, 0.15) is 5.65 Å². The Kier molecular flexibility index (Phi) is 1.70. The molecule has 3 N–H and O–H groups in total. The van der Waals surface area contributed by atoms with Gasteiger partial charge in [0, 0.05) is 17.8 Å². The van der Waals surface area contributed by atoms with Gasteiger partial charge in [0.2, 0.25) is 0 Å². The Hall–Kier alpha value is -1.55. The fraction of sp³-hybridized carbons (Fsp3) is 0. The van der Waals surface area contributed by atoms with Gasteiger partial charge >= 0.3 is 0 Å². The van der Waals surface area contributed by atoms with Gasteiger partial charge in [0.15, 0.2) is 0 Å². The summed E-state index contributed by atoms with van der Waals surface area (Å²) in [5.41, 5.74) is 6.16. The lowest BCUT2D eigenvalue weighted by atomic mass is 10.2. The van der Waals surface area contributed by atoms with Crippen molar-refractivity contribution in [1.29, 1.82) is 0 Å². The molecule has 0 bridgehead atoms. The number of aromatic nitrogens is 2. The molecule has 0 atom stereocenters. The van der Waals surface area contributed by atoms with Crippen molar-refractivity contribution in [3.8, 4) is 0 Å². The van der Waals surface area contributed by atoms with E-state index in [4.69, 9.17) is 17.3 Å². The zero-order valence-corrected chi connectivity index (χ0v) is 7.30. The molecule has 2 rings (SSSR count). The third-order valence-corrected chi connectivity index (χ3v) is 1.97. The largest absolute Gasteiger partial charge is 0.366 e. The predicted molar refractivity (Wildman–Crippen MR) is 49.6 cm³/mol. The van der Waals surface area contributed by atoms with Crippen molar-refractivity contribution in [2.45, 2.75) is 0 Å². The number of primary amides is 1. The number of halogens is 1. The topological polar surface area (TPSA) is 71.8 Å². The van der Waals surface area contributed by atoms with Crippen LogP contribution in [0.4, 0.5) is 0 Å². The lowest BCUT2D eigenvalue weighted by Gasteiger charge is -1.92. The molecule has 2 heterocycles. The highest BCUT2D eigenvalue weighted by Crippen LogP contribution is 2.19. The number of carbonyl (C=O) groups is 1. The molecule has 0 fully saturated rings. The van der Waals surface area contributed by atoms with E-state index in [-0.39, 0.29) is 0 Å². The number of nitrogens with two attached hydrogens (primary N) is 1. The maximum Gasteiger partial charge on any atom is 0.250 e. The van der Waals surface area contributed by atoms with Gasteiger partial charge < -0.3 is 10.7 Å². The summed E-state index contributed by atoms with van der Waals surface area (Å²) in [5, 5.41) is 1.13. The Balaban J connectivity index is 2.79. The lowest BCUT2D eigenvalue weighted by Crippen LogP contribution is -2.09. The molecule has 2 aromatic rings. The molecule has 4 nitrogen and oxygen atoms in total. The van der Waals surface area contributed by atoms with Crippen molar-refractivity contribution in [3.63, 3.8) is 0 Å². The van der Waals surface area contributed by atoms with Crippen LogP contribution in [-0.2, 0) is 0 Å². The highest BCUT2D eigenvalue weighted by atomic mass is 35.5. The Morgan fingerprint density at radius 2 is 2.38 bits per heavy atom. The van der Waals surface area contributed by atoms with Gasteiger partial charge in [-0.25, -0.2) is 4.98 Å². The van der Waals surface area contributed by atoms with E-state index in [9.17, 15) is 4.79 Å². The molecule has 0 radical (unpaired) electrons. The standard InChI is InChI=1S/C8H6ClN3O/c9-4-1-5-6(7(10)13)3-12-8(5)11-2-4/h1-3H,(H2,10,13)(H,11,12). The van der Waals surface area contributed by atoms with E-state index < -0.39 is 5.91 Å². The molecule has 66 valence electrons. The van der Waals surface area contributed by atoms with Crippen molar-refractivity contribution in [2.24, 2.45) is 5.73 Å². The molecule has 5 heteroatoms. The third-order valence-electron chi connectivity index (χ3n) is 1.76. The number of nitrogens with zero attached hydrogens (tertiary/aromatic N) is 1. The molecule has 0 aliphatic carbocycles. The fourth-order valence-electron chi connectivity index (χ4n) is 1.18. The molecule has 0 spiro atoms. The minimum absolute atomic E-state index is 0.407. The van der Waals surface area contributed by atoms with Gasteiger partial charge in [-0.3, -0.25) is 4.79 Å². The molecular weight excluding hydrogens is 190 g/mol. The number of fused-ring (bicyclic) bond motifs is 1. The minimum Gasteiger partial charge on any atom is -0.366 e. The number of rotatable bonds is 1. The Bertz CT molecular complexity index is 477. The number of H-pyrrole nitrogens is 1. The van der Waals surface area contributed by atoms with Crippen LogP contribution >= 0.6 is 11.6 Å². The SMILES string of the molecule is NC(=O)c1c[nH]c2ncc(Cl)cc12. The molecular formula is C8H6ClN3O. The van der Waals surface area contributed by atoms with E-state index in [0.717, 1.165) is 0 Å². The van der Waals surface area contributed by atoms with Crippen LogP contribution in [-0.4, -0.2) is 15.9 Å². The first-order chi connectivity index (χ1) is 6.18. The van der Waals surface area contributed by atoms with Crippen molar-refractivity contribution < 1.29 is 4.79 Å². The minimum atomic E-state index is -0.490. The van der Waals surface area contributed by atoms with Crippen LogP contribution in [0, 0.1) is 0 Å². The molecule has 0 aliphatic rings. The average Bonchev–Trinajstić information content (AvgIpc) is 2.46. The molecule has 13 heavy (non-hydrogen) atoms. The molecule has 0 aromatic carbocycles. The maximum absolute atomic E-state index is 10.9. The second-order valence-corrected chi connectivity index (χ2v) is 3.05. The number of hydrogen-bond donors (Lipinski definition) is 2. The quantitative estimate of drug-likeness (QED) is 0.720. The van der Waals surface area contributed by atoms with Crippen LogP contribution in [0.3, 0.4) is 0 Å². The first-order valence-corrected chi connectivity index (χ1v) is 3.98. The second-order valence-electron chi connectivity index (χ2n) is 2.62. The van der Waals surface area contributed by atoms with Crippen LogP contribution in [0.25, 0.3) is 11.0 Å². The van der Waals surface area contributed by atoms with Gasteiger partial charge in [-0.05, 0) is 6.07 Å². The van der Waals surface area contributed by atoms with Crippen molar-refractivity contribution in [3.05, 3.63) is 29.0 Å². The molecule has 2 aromatic heterocycles. The van der Waals surface area contributed by atoms with Gasteiger partial charge in [0.05, 0.1) is 10.6 Å². The van der Waals surface area contributed by atoms with E-state index in [0.29, 0.717) is 21.6 Å². The molecule has 0 saturated heterocycles. The number of carbonyl (C=O) groups excluding carboxylic acids is 1. The first-order valence-electron chi connectivity index (χ1n) is 3.61. The first kappa shape index (κ1) is 8.07. The maximum atomic E-state index is 10.9. The number of nitrogens with one attached hydrogen (secondary N) is 1. The monoisotopic (exact) mass is 195 g/mol. The van der Waals surface area contributed by atoms with E-state index in [2.05, 4.69) is 9.97 Å². The van der Waals surface area contributed by atoms with Crippen LogP contribution in [0.1, 0.15) is 10.4 Å². The second kappa shape index (κ2) is 2.74. The van der Waals surface area contributed by atoms with Crippen molar-refractivity contribution >= 4 is 28.5 Å². The predicted octanol–water partition coefficient (Wildman–Crippen LogP) is 1.32. The smallest absolute Gasteiger partial charge is 0.250 e.